The molecule has 24 heavy (non-hydrogen) atoms. The predicted octanol–water partition coefficient (Wildman–Crippen LogP) is 3.40. The number of hydrogen-bond acceptors (Lipinski definition) is 6. The molecule has 0 aromatic carbocycles. The maximum absolute atomic E-state index is 12.8. The third-order valence-electron chi connectivity index (χ3n) is 3.78. The quantitative estimate of drug-likeness (QED) is 0.192. The molecule has 0 bridgehead atoms. The van der Waals surface area contributed by atoms with Crippen molar-refractivity contribution in [1.82, 2.24) is 0 Å². The summed E-state index contributed by atoms with van der Waals surface area (Å²) in [5, 5.41) is 14.3. The van der Waals surface area contributed by atoms with Gasteiger partial charge in [-0.05, 0) is 11.8 Å². The van der Waals surface area contributed by atoms with Crippen LogP contribution in [0.3, 0.4) is 0 Å². The van der Waals surface area contributed by atoms with Gasteiger partial charge >= 0.3 is 5.97 Å². The molecule has 0 fully saturated rings. The summed E-state index contributed by atoms with van der Waals surface area (Å²) in [5.41, 5.74) is -0.302. The highest BCUT2D eigenvalue weighted by Gasteiger charge is 2.48. The van der Waals surface area contributed by atoms with E-state index in [1.54, 1.807) is 13.8 Å². The van der Waals surface area contributed by atoms with Gasteiger partial charge in [0.05, 0.1) is 18.4 Å². The standard InChI is InChI=1S/C17H25NO5.CH3/c1-6-8-11(18-23-9-7-2)13-12(19)10-17(3,4)14(15(13)20)16(21)22-5;/h7,14,19H,2,6,8-10H2,1,3-5H3;1H3/b18-11+;. The van der Waals surface area contributed by atoms with Crippen molar-refractivity contribution < 1.29 is 24.3 Å². The number of aliphatic hydroxyl groups is 1. The molecule has 6 nitrogen and oxygen atoms in total. The van der Waals surface area contributed by atoms with Gasteiger partial charge in [-0.1, -0.05) is 52.4 Å². The van der Waals surface area contributed by atoms with Crippen LogP contribution in [0.2, 0.25) is 0 Å². The first-order valence-corrected chi connectivity index (χ1v) is 7.64. The van der Waals surface area contributed by atoms with Crippen molar-refractivity contribution in [2.75, 3.05) is 13.7 Å². The van der Waals surface area contributed by atoms with E-state index >= 15 is 0 Å². The Balaban J connectivity index is 0.00000529. The Morgan fingerprint density at radius 2 is 2.12 bits per heavy atom. The summed E-state index contributed by atoms with van der Waals surface area (Å²) >= 11 is 0. The molecule has 1 aliphatic carbocycles. The van der Waals surface area contributed by atoms with Crippen molar-refractivity contribution in [2.45, 2.75) is 40.0 Å². The lowest BCUT2D eigenvalue weighted by Crippen LogP contribution is -2.44. The fraction of sp³-hybridized carbons (Fsp3) is 0.556. The highest BCUT2D eigenvalue weighted by Crippen LogP contribution is 2.42. The van der Waals surface area contributed by atoms with Crippen LogP contribution in [0.4, 0.5) is 0 Å². The molecule has 135 valence electrons. The van der Waals surface area contributed by atoms with E-state index < -0.39 is 23.1 Å². The summed E-state index contributed by atoms with van der Waals surface area (Å²) in [4.78, 5) is 30.0. The van der Waals surface area contributed by atoms with Crippen molar-refractivity contribution in [2.24, 2.45) is 16.5 Å². The smallest absolute Gasteiger partial charge is 0.317 e. The highest BCUT2D eigenvalue weighted by atomic mass is 16.6. The third-order valence-corrected chi connectivity index (χ3v) is 3.78. The lowest BCUT2D eigenvalue weighted by Gasteiger charge is -2.36. The van der Waals surface area contributed by atoms with Crippen LogP contribution in [0, 0.1) is 18.8 Å². The minimum atomic E-state index is -0.972. The zero-order chi connectivity index (χ0) is 17.6. The van der Waals surface area contributed by atoms with Gasteiger partial charge in [-0.15, -0.1) is 0 Å². The van der Waals surface area contributed by atoms with Crippen molar-refractivity contribution in [3.63, 3.8) is 0 Å². The predicted molar refractivity (Wildman–Crippen MR) is 93.5 cm³/mol. The number of aliphatic hydroxyl groups excluding tert-OH is 1. The lowest BCUT2D eigenvalue weighted by molar-refractivity contribution is -0.154. The Morgan fingerprint density at radius 1 is 1.50 bits per heavy atom. The second-order valence-corrected chi connectivity index (χ2v) is 6.18. The van der Waals surface area contributed by atoms with Gasteiger partial charge in [-0.2, -0.15) is 0 Å². The molecule has 1 radical (unpaired) electrons. The number of nitrogens with zero attached hydrogens (tertiary/aromatic N) is 1. The van der Waals surface area contributed by atoms with Gasteiger partial charge in [0.25, 0.3) is 0 Å². The molecule has 0 amide bonds. The van der Waals surface area contributed by atoms with Crippen molar-refractivity contribution in [3.8, 4) is 0 Å². The first-order valence-electron chi connectivity index (χ1n) is 7.64. The minimum Gasteiger partial charge on any atom is -0.511 e. The molecule has 6 heteroatoms. The topological polar surface area (TPSA) is 85.2 Å². The number of allylic oxidation sites excluding steroid dienone is 2. The van der Waals surface area contributed by atoms with Crippen LogP contribution >= 0.6 is 0 Å². The number of carbonyl (C=O) groups is 2. The van der Waals surface area contributed by atoms with Crippen LogP contribution in [-0.4, -0.2) is 36.3 Å². The van der Waals surface area contributed by atoms with E-state index in [9.17, 15) is 14.7 Å². The lowest BCUT2D eigenvalue weighted by atomic mass is 9.67. The van der Waals surface area contributed by atoms with Crippen LogP contribution in [-0.2, 0) is 19.2 Å². The number of ether oxygens (including phenoxy) is 1. The molecule has 0 aromatic rings. The average molecular weight is 338 g/mol. The molecule has 0 aromatic heterocycles. The molecular formula is C18H28NO5. The molecular weight excluding hydrogens is 310 g/mol. The molecule has 1 rings (SSSR count). The Bertz CT molecular complexity index is 546. The van der Waals surface area contributed by atoms with Gasteiger partial charge in [0.2, 0.25) is 0 Å². The van der Waals surface area contributed by atoms with E-state index in [1.807, 2.05) is 6.92 Å². The second kappa shape index (κ2) is 9.25. The number of ketones is 1. The molecule has 1 unspecified atom stereocenters. The first kappa shape index (κ1) is 21.9. The maximum Gasteiger partial charge on any atom is 0.317 e. The summed E-state index contributed by atoms with van der Waals surface area (Å²) < 4.78 is 4.77. The van der Waals surface area contributed by atoms with Crippen LogP contribution in [0.1, 0.15) is 40.0 Å². The molecule has 0 saturated heterocycles. The van der Waals surface area contributed by atoms with Crippen LogP contribution in [0.25, 0.3) is 0 Å². The van der Waals surface area contributed by atoms with Crippen molar-refractivity contribution in [3.05, 3.63) is 31.4 Å². The van der Waals surface area contributed by atoms with Crippen LogP contribution in [0.5, 0.6) is 0 Å². The van der Waals surface area contributed by atoms with Gasteiger partial charge in [-0.3, -0.25) is 9.59 Å². The van der Waals surface area contributed by atoms with E-state index in [-0.39, 0.29) is 31.8 Å². The molecule has 0 heterocycles. The van der Waals surface area contributed by atoms with Crippen molar-refractivity contribution in [1.29, 1.82) is 0 Å². The van der Waals surface area contributed by atoms with Gasteiger partial charge in [0, 0.05) is 6.42 Å². The Kier molecular flexibility index (Phi) is 8.44. The van der Waals surface area contributed by atoms with E-state index in [0.717, 1.165) is 0 Å². The molecule has 0 spiro atoms. The SMILES string of the molecule is C=CCO/N=C(\CCC)C1=C(O)CC(C)(C)C(C(=O)OC)C1=O.[CH3]. The summed E-state index contributed by atoms with van der Waals surface area (Å²) in [5.74, 6) is -2.11. The Morgan fingerprint density at radius 3 is 2.62 bits per heavy atom. The summed E-state index contributed by atoms with van der Waals surface area (Å²) in [7, 11) is 1.25. The van der Waals surface area contributed by atoms with Gasteiger partial charge in [-0.25, -0.2) is 0 Å². The summed E-state index contributed by atoms with van der Waals surface area (Å²) in [6.07, 6.45) is 2.89. The number of hydrogen-bond donors (Lipinski definition) is 1. The van der Waals surface area contributed by atoms with Crippen LogP contribution < -0.4 is 0 Å². The molecule has 0 aliphatic heterocycles. The van der Waals surface area contributed by atoms with E-state index in [2.05, 4.69) is 11.7 Å². The van der Waals surface area contributed by atoms with Crippen LogP contribution in [0.15, 0.2) is 29.1 Å². The number of oxime groups is 1. The molecule has 1 N–H and O–H groups in total. The first-order chi connectivity index (χ1) is 10.8. The van der Waals surface area contributed by atoms with Gasteiger partial charge < -0.3 is 14.7 Å². The van der Waals surface area contributed by atoms with E-state index in [4.69, 9.17) is 9.57 Å². The monoisotopic (exact) mass is 338 g/mol. The number of rotatable bonds is 7. The van der Waals surface area contributed by atoms with E-state index in [1.165, 1.54) is 13.2 Å². The number of Topliss-reactive ketones (excluding diaryl/α,β-unsaturated/α-hetero) is 1. The zero-order valence-electron chi connectivity index (χ0n) is 15.2. The molecule has 1 atom stereocenters. The largest absolute Gasteiger partial charge is 0.511 e. The minimum absolute atomic E-state index is 0. The molecule has 0 saturated carbocycles. The Hall–Kier alpha value is -2.11. The second-order valence-electron chi connectivity index (χ2n) is 6.18. The van der Waals surface area contributed by atoms with Crippen molar-refractivity contribution >= 4 is 17.5 Å². The summed E-state index contributed by atoms with van der Waals surface area (Å²) in [6.45, 7) is 9.16. The fourth-order valence-electron chi connectivity index (χ4n) is 2.74. The average Bonchev–Trinajstić information content (AvgIpc) is 2.45. The fourth-order valence-corrected chi connectivity index (χ4v) is 2.74. The molecule has 1 aliphatic rings. The number of esters is 1. The Labute approximate surface area is 144 Å². The van der Waals surface area contributed by atoms with Gasteiger partial charge in [0.15, 0.2) is 5.78 Å². The number of carbonyl (C=O) groups excluding carboxylic acids is 2. The normalized spacial score (nSPS) is 20.2. The zero-order valence-corrected chi connectivity index (χ0v) is 15.2. The van der Waals surface area contributed by atoms with E-state index in [0.29, 0.717) is 18.6 Å². The maximum atomic E-state index is 12.8. The highest BCUT2D eigenvalue weighted by molar-refractivity contribution is 6.27. The number of methoxy groups -OCH3 is 1. The third kappa shape index (κ3) is 4.69. The van der Waals surface area contributed by atoms with Gasteiger partial charge in [0.1, 0.15) is 18.3 Å². The summed E-state index contributed by atoms with van der Waals surface area (Å²) in [6, 6.07) is 0.